The molecule has 0 saturated heterocycles. The Hall–Kier alpha value is -3.62. The van der Waals surface area contributed by atoms with Gasteiger partial charge in [0.15, 0.2) is 4.47 Å². The first kappa shape index (κ1) is 21.2. The summed E-state index contributed by atoms with van der Waals surface area (Å²) < 4.78 is 2.64. The van der Waals surface area contributed by atoms with Crippen LogP contribution in [0.5, 0.6) is 0 Å². The van der Waals surface area contributed by atoms with Gasteiger partial charge in [-0.15, -0.1) is 11.3 Å². The average molecular weight is 475 g/mol. The van der Waals surface area contributed by atoms with E-state index in [0.717, 1.165) is 38.2 Å². The maximum atomic E-state index is 12.6. The number of thiazole rings is 1. The third-order valence-electron chi connectivity index (χ3n) is 5.38. The van der Waals surface area contributed by atoms with Crippen LogP contribution in [-0.2, 0) is 6.54 Å². The van der Waals surface area contributed by atoms with Crippen LogP contribution in [0.2, 0.25) is 4.47 Å². The van der Waals surface area contributed by atoms with Gasteiger partial charge < -0.3 is 4.57 Å². The van der Waals surface area contributed by atoms with Crippen LogP contribution in [0, 0.1) is 13.8 Å². The summed E-state index contributed by atoms with van der Waals surface area (Å²) in [5.41, 5.74) is 8.21. The zero-order chi connectivity index (χ0) is 22.9. The number of nitrogens with zero attached hydrogens (tertiary/aromatic N) is 5. The fourth-order valence-corrected chi connectivity index (χ4v) is 4.61. The van der Waals surface area contributed by atoms with Crippen molar-refractivity contribution in [2.24, 2.45) is 5.10 Å². The molecule has 0 saturated carbocycles. The van der Waals surface area contributed by atoms with E-state index in [1.165, 1.54) is 11.3 Å². The highest BCUT2D eigenvalue weighted by Crippen LogP contribution is 2.24. The molecule has 0 unspecified atom stereocenters. The summed E-state index contributed by atoms with van der Waals surface area (Å²) in [5.74, 6) is -0.309. The highest BCUT2D eigenvalue weighted by molar-refractivity contribution is 7.15. The number of halogens is 1. The van der Waals surface area contributed by atoms with Crippen LogP contribution in [0.1, 0.15) is 32.2 Å². The zero-order valence-electron chi connectivity index (χ0n) is 17.9. The van der Waals surface area contributed by atoms with Gasteiger partial charge in [-0.3, -0.25) is 4.79 Å². The quantitative estimate of drug-likeness (QED) is 0.283. The number of hydrazone groups is 1. The van der Waals surface area contributed by atoms with Gasteiger partial charge in [-0.25, -0.2) is 20.4 Å². The molecule has 0 atom stereocenters. The summed E-state index contributed by atoms with van der Waals surface area (Å²) in [5, 5.41) is 5.24. The summed E-state index contributed by atoms with van der Waals surface area (Å²) >= 11 is 7.43. The van der Waals surface area contributed by atoms with E-state index in [-0.39, 0.29) is 5.91 Å². The molecule has 5 rings (SSSR count). The number of para-hydroxylation sites is 1. The molecule has 0 radical (unpaired) electrons. The molecule has 2 aromatic carbocycles. The minimum Gasteiger partial charge on any atom is -0.341 e. The molecule has 0 aliphatic carbocycles. The molecule has 33 heavy (non-hydrogen) atoms. The van der Waals surface area contributed by atoms with Gasteiger partial charge in [0.25, 0.3) is 5.91 Å². The van der Waals surface area contributed by atoms with Gasteiger partial charge in [0.1, 0.15) is 0 Å². The maximum absolute atomic E-state index is 12.6. The minimum atomic E-state index is -0.309. The van der Waals surface area contributed by atoms with E-state index >= 15 is 0 Å². The van der Waals surface area contributed by atoms with Gasteiger partial charge in [-0.2, -0.15) is 5.10 Å². The Labute approximate surface area is 198 Å². The van der Waals surface area contributed by atoms with Crippen molar-refractivity contribution < 1.29 is 4.79 Å². The van der Waals surface area contributed by atoms with Crippen molar-refractivity contribution in [2.45, 2.75) is 20.4 Å². The summed E-state index contributed by atoms with van der Waals surface area (Å²) in [6.45, 7) is 4.47. The first-order valence-corrected chi connectivity index (χ1v) is 11.4. The van der Waals surface area contributed by atoms with E-state index in [1.807, 2.05) is 44.3 Å². The van der Waals surface area contributed by atoms with Crippen LogP contribution in [0.25, 0.3) is 21.9 Å². The Bertz CT molecular complexity index is 1540. The molecule has 0 aliphatic rings. The summed E-state index contributed by atoms with van der Waals surface area (Å²) in [4.78, 5) is 26.8. The predicted octanol–water partition coefficient (Wildman–Crippen LogP) is 5.12. The van der Waals surface area contributed by atoms with E-state index in [2.05, 4.69) is 30.0 Å². The Morgan fingerprint density at radius 2 is 1.94 bits per heavy atom. The van der Waals surface area contributed by atoms with Gasteiger partial charge >= 0.3 is 0 Å². The number of fused-ring (bicyclic) bond motifs is 2. The highest BCUT2D eigenvalue weighted by atomic mass is 35.5. The molecule has 0 bridgehead atoms. The Morgan fingerprint density at radius 3 is 2.73 bits per heavy atom. The van der Waals surface area contributed by atoms with Crippen LogP contribution in [0.15, 0.2) is 60.0 Å². The number of amides is 1. The van der Waals surface area contributed by atoms with Crippen molar-refractivity contribution in [1.29, 1.82) is 0 Å². The SMILES string of the molecule is Cc1nc2ccc(C(=O)NN=Cc3cn(Cc4cnc(Cl)s4)c4ccccc34)cc2nc1C. The number of benzene rings is 2. The Kier molecular flexibility index (Phi) is 5.62. The normalized spacial score (nSPS) is 11.6. The molecule has 3 heterocycles. The number of nitrogens with one attached hydrogen (secondary N) is 1. The van der Waals surface area contributed by atoms with E-state index in [0.29, 0.717) is 22.1 Å². The molecule has 9 heteroatoms. The monoisotopic (exact) mass is 474 g/mol. The van der Waals surface area contributed by atoms with Gasteiger partial charge in [-0.05, 0) is 38.1 Å². The molecule has 164 valence electrons. The van der Waals surface area contributed by atoms with Crippen molar-refractivity contribution >= 4 is 57.0 Å². The second-order valence-electron chi connectivity index (χ2n) is 7.61. The van der Waals surface area contributed by atoms with Crippen molar-refractivity contribution in [3.05, 3.63) is 86.7 Å². The molecule has 1 amide bonds. The van der Waals surface area contributed by atoms with Crippen molar-refractivity contribution in [3.63, 3.8) is 0 Å². The van der Waals surface area contributed by atoms with Crippen molar-refractivity contribution in [3.8, 4) is 0 Å². The molecule has 0 spiro atoms. The molecule has 3 aromatic heterocycles. The summed E-state index contributed by atoms with van der Waals surface area (Å²) in [7, 11) is 0. The van der Waals surface area contributed by atoms with E-state index in [9.17, 15) is 4.79 Å². The fourth-order valence-electron chi connectivity index (χ4n) is 3.63. The lowest BCUT2D eigenvalue weighted by Gasteiger charge is -2.04. The zero-order valence-corrected chi connectivity index (χ0v) is 19.5. The summed E-state index contributed by atoms with van der Waals surface area (Å²) in [6.07, 6.45) is 5.45. The minimum absolute atomic E-state index is 0.309. The maximum Gasteiger partial charge on any atom is 0.271 e. The largest absolute Gasteiger partial charge is 0.341 e. The van der Waals surface area contributed by atoms with Crippen molar-refractivity contribution in [2.75, 3.05) is 0 Å². The van der Waals surface area contributed by atoms with E-state index in [4.69, 9.17) is 11.6 Å². The van der Waals surface area contributed by atoms with Gasteiger partial charge in [0.05, 0.1) is 35.2 Å². The van der Waals surface area contributed by atoms with E-state index < -0.39 is 0 Å². The number of hydrogen-bond acceptors (Lipinski definition) is 6. The standard InChI is InChI=1S/C24H19ClN6OS/c1-14-15(2)29-21-9-16(7-8-20(21)28-14)23(32)30-27-10-17-12-31(13-18-11-26-24(25)33-18)22-6-4-3-5-19(17)22/h3-12H,13H2,1-2H3,(H,30,32). The number of hydrogen-bond donors (Lipinski definition) is 1. The number of carbonyl (C=O) groups excluding carboxylic acids is 1. The van der Waals surface area contributed by atoms with Crippen LogP contribution in [0.3, 0.4) is 0 Å². The lowest BCUT2D eigenvalue weighted by molar-refractivity contribution is 0.0955. The molecule has 1 N–H and O–H groups in total. The van der Waals surface area contributed by atoms with Crippen LogP contribution < -0.4 is 5.43 Å². The second kappa shape index (κ2) is 8.73. The number of aryl methyl sites for hydroxylation is 2. The molecule has 0 aliphatic heterocycles. The summed E-state index contributed by atoms with van der Waals surface area (Å²) in [6, 6.07) is 13.3. The fraction of sp³-hybridized carbons (Fsp3) is 0.125. The smallest absolute Gasteiger partial charge is 0.271 e. The molecular formula is C24H19ClN6OS. The second-order valence-corrected chi connectivity index (χ2v) is 9.30. The third kappa shape index (κ3) is 4.35. The lowest BCUT2D eigenvalue weighted by atomic mass is 10.1. The molecule has 5 aromatic rings. The van der Waals surface area contributed by atoms with Crippen LogP contribution in [-0.4, -0.2) is 31.6 Å². The predicted molar refractivity (Wildman–Crippen MR) is 132 cm³/mol. The molecular weight excluding hydrogens is 456 g/mol. The molecule has 7 nitrogen and oxygen atoms in total. The van der Waals surface area contributed by atoms with Gasteiger partial charge in [0, 0.05) is 39.3 Å². The van der Waals surface area contributed by atoms with Gasteiger partial charge in [0.2, 0.25) is 0 Å². The highest BCUT2D eigenvalue weighted by Gasteiger charge is 2.10. The average Bonchev–Trinajstić information content (AvgIpc) is 3.37. The molecule has 0 fully saturated rings. The topological polar surface area (TPSA) is 85.1 Å². The van der Waals surface area contributed by atoms with Crippen molar-refractivity contribution in [1.82, 2.24) is 24.9 Å². The van der Waals surface area contributed by atoms with Crippen LogP contribution >= 0.6 is 22.9 Å². The first-order valence-electron chi connectivity index (χ1n) is 10.2. The number of rotatable bonds is 5. The lowest BCUT2D eigenvalue weighted by Crippen LogP contribution is -2.17. The number of aromatic nitrogens is 4. The number of carbonyl (C=O) groups is 1. The van der Waals surface area contributed by atoms with Crippen LogP contribution in [0.4, 0.5) is 0 Å². The van der Waals surface area contributed by atoms with E-state index in [1.54, 1.807) is 30.6 Å². The third-order valence-corrected chi connectivity index (χ3v) is 6.48. The van der Waals surface area contributed by atoms with Gasteiger partial charge in [-0.1, -0.05) is 29.8 Å². The Morgan fingerprint density at radius 1 is 1.15 bits per heavy atom. The first-order chi connectivity index (χ1) is 16.0. The Balaban J connectivity index is 1.37.